The monoisotopic (exact) mass is 418 g/mol. The van der Waals surface area contributed by atoms with Gasteiger partial charge < -0.3 is 9.64 Å². The van der Waals surface area contributed by atoms with Crippen molar-refractivity contribution in [1.29, 1.82) is 0 Å². The third kappa shape index (κ3) is 4.36. The van der Waals surface area contributed by atoms with E-state index in [1.807, 2.05) is 45.2 Å². The van der Waals surface area contributed by atoms with Gasteiger partial charge in [0.1, 0.15) is 17.6 Å². The first-order valence-corrected chi connectivity index (χ1v) is 11.4. The lowest BCUT2D eigenvalue weighted by Gasteiger charge is -2.16. The summed E-state index contributed by atoms with van der Waals surface area (Å²) >= 11 is 0. The van der Waals surface area contributed by atoms with E-state index in [-0.39, 0.29) is 5.91 Å². The van der Waals surface area contributed by atoms with Crippen LogP contribution in [0.2, 0.25) is 0 Å². The smallest absolute Gasteiger partial charge is 0.262 e. The molecule has 1 aromatic heterocycles. The second kappa shape index (κ2) is 9.38. The molecule has 0 saturated heterocycles. The largest absolute Gasteiger partial charge is 0.494 e. The van der Waals surface area contributed by atoms with Gasteiger partial charge in [-0.25, -0.2) is 4.57 Å². The van der Waals surface area contributed by atoms with Crippen LogP contribution in [0.3, 0.4) is 0 Å². The Bertz CT molecular complexity index is 1040. The fourth-order valence-corrected chi connectivity index (χ4v) is 4.33. The van der Waals surface area contributed by atoms with Crippen molar-refractivity contribution in [2.75, 3.05) is 18.6 Å². The molecule has 0 unspecified atom stereocenters. The summed E-state index contributed by atoms with van der Waals surface area (Å²) in [5.41, 5.74) is 4.48. The number of nitrogens with zero attached hydrogens (tertiary/aromatic N) is 3. The van der Waals surface area contributed by atoms with Gasteiger partial charge in [-0.1, -0.05) is 6.92 Å². The molecule has 0 bridgehead atoms. The van der Waals surface area contributed by atoms with Crippen molar-refractivity contribution in [2.45, 2.75) is 52.5 Å². The molecule has 0 radical (unpaired) electrons. The van der Waals surface area contributed by atoms with Gasteiger partial charge >= 0.3 is 0 Å². The highest BCUT2D eigenvalue weighted by Crippen LogP contribution is 2.26. The van der Waals surface area contributed by atoms with Gasteiger partial charge in [-0.05, 0) is 74.7 Å². The van der Waals surface area contributed by atoms with Crippen LogP contribution < -0.4 is 14.2 Å². The predicted octanol–water partition coefficient (Wildman–Crippen LogP) is 4.93. The highest BCUT2D eigenvalue weighted by Gasteiger charge is 2.27. The lowest BCUT2D eigenvalue weighted by atomic mass is 10.1. The van der Waals surface area contributed by atoms with E-state index >= 15 is 0 Å². The van der Waals surface area contributed by atoms with Gasteiger partial charge in [-0.15, -0.1) is 0 Å². The SMILES string of the molecule is CCOc1ccc(-n2cc(-c3ccc(N(C)C(=O)CC)cc3)[n+]3c2CCCCC3)cc1. The van der Waals surface area contributed by atoms with E-state index in [0.29, 0.717) is 13.0 Å². The average molecular weight is 419 g/mol. The Hall–Kier alpha value is -3.08. The average Bonchev–Trinajstić information content (AvgIpc) is 2.99. The molecule has 162 valence electrons. The number of amides is 1. The van der Waals surface area contributed by atoms with Crippen molar-refractivity contribution in [2.24, 2.45) is 0 Å². The first-order chi connectivity index (χ1) is 15.1. The number of benzene rings is 2. The number of imidazole rings is 1. The van der Waals surface area contributed by atoms with Crippen molar-refractivity contribution in [1.82, 2.24) is 4.57 Å². The Balaban J connectivity index is 1.72. The molecule has 1 amide bonds. The van der Waals surface area contributed by atoms with Gasteiger partial charge in [0.05, 0.1) is 13.2 Å². The van der Waals surface area contributed by atoms with E-state index < -0.39 is 0 Å². The number of carbonyl (C=O) groups is 1. The third-order valence-corrected chi connectivity index (χ3v) is 6.07. The molecule has 0 N–H and O–H groups in total. The van der Waals surface area contributed by atoms with E-state index in [2.05, 4.69) is 39.6 Å². The van der Waals surface area contributed by atoms with Crippen molar-refractivity contribution >= 4 is 11.6 Å². The second-order valence-electron chi connectivity index (χ2n) is 8.04. The van der Waals surface area contributed by atoms with Gasteiger partial charge in [0.2, 0.25) is 5.91 Å². The number of anilines is 1. The lowest BCUT2D eigenvalue weighted by Crippen LogP contribution is -2.38. The van der Waals surface area contributed by atoms with Crippen LogP contribution in [0.5, 0.6) is 5.75 Å². The molecule has 31 heavy (non-hydrogen) atoms. The minimum Gasteiger partial charge on any atom is -0.494 e. The molecule has 5 nitrogen and oxygen atoms in total. The van der Waals surface area contributed by atoms with E-state index in [1.54, 1.807) is 4.90 Å². The van der Waals surface area contributed by atoms with Crippen LogP contribution in [0.1, 0.15) is 45.4 Å². The maximum atomic E-state index is 12.0. The fraction of sp³-hybridized carbons (Fsp3) is 0.385. The fourth-order valence-electron chi connectivity index (χ4n) is 4.33. The highest BCUT2D eigenvalue weighted by molar-refractivity contribution is 5.92. The molecule has 1 aliphatic rings. The zero-order valence-corrected chi connectivity index (χ0v) is 18.8. The van der Waals surface area contributed by atoms with Crippen LogP contribution in [0.25, 0.3) is 16.9 Å². The maximum absolute atomic E-state index is 12.0. The van der Waals surface area contributed by atoms with Crippen LogP contribution in [0.15, 0.2) is 54.7 Å². The van der Waals surface area contributed by atoms with E-state index in [9.17, 15) is 4.79 Å². The van der Waals surface area contributed by atoms with E-state index in [0.717, 1.165) is 30.1 Å². The number of hydrogen-bond donors (Lipinski definition) is 0. The molecule has 0 aliphatic carbocycles. The molecule has 4 rings (SSSR count). The summed E-state index contributed by atoms with van der Waals surface area (Å²) in [5.74, 6) is 2.37. The Morgan fingerprint density at radius 1 is 1.03 bits per heavy atom. The molecule has 0 atom stereocenters. The summed E-state index contributed by atoms with van der Waals surface area (Å²) < 4.78 is 10.4. The Kier molecular flexibility index (Phi) is 6.40. The molecular weight excluding hydrogens is 386 g/mol. The molecule has 2 heterocycles. The molecule has 0 fully saturated rings. The molecule has 0 spiro atoms. The Morgan fingerprint density at radius 3 is 2.45 bits per heavy atom. The Morgan fingerprint density at radius 2 is 1.77 bits per heavy atom. The number of ether oxygens (including phenoxy) is 1. The van der Waals surface area contributed by atoms with Gasteiger partial charge in [0, 0.05) is 31.1 Å². The first-order valence-electron chi connectivity index (χ1n) is 11.4. The zero-order valence-electron chi connectivity index (χ0n) is 18.8. The van der Waals surface area contributed by atoms with Crippen molar-refractivity contribution < 1.29 is 14.1 Å². The molecule has 3 aromatic rings. The van der Waals surface area contributed by atoms with E-state index in [4.69, 9.17) is 4.74 Å². The second-order valence-corrected chi connectivity index (χ2v) is 8.04. The molecule has 0 saturated carbocycles. The van der Waals surface area contributed by atoms with E-state index in [1.165, 1.54) is 36.3 Å². The minimum atomic E-state index is 0.123. The van der Waals surface area contributed by atoms with Crippen molar-refractivity contribution in [3.05, 3.63) is 60.6 Å². The normalized spacial score (nSPS) is 13.4. The zero-order chi connectivity index (χ0) is 21.8. The lowest BCUT2D eigenvalue weighted by molar-refractivity contribution is -0.692. The van der Waals surface area contributed by atoms with Gasteiger partial charge in [-0.2, -0.15) is 4.57 Å². The summed E-state index contributed by atoms with van der Waals surface area (Å²) in [6, 6.07) is 16.7. The number of carbonyl (C=O) groups excluding carboxylic acids is 1. The number of rotatable bonds is 6. The minimum absolute atomic E-state index is 0.123. The summed E-state index contributed by atoms with van der Waals surface area (Å²) in [6.45, 7) is 5.60. The van der Waals surface area contributed by atoms with Gasteiger partial charge in [0.25, 0.3) is 5.82 Å². The molecule has 2 aromatic carbocycles. The first kappa shape index (κ1) is 21.2. The Labute approximate surface area is 184 Å². The summed E-state index contributed by atoms with van der Waals surface area (Å²) in [4.78, 5) is 13.8. The number of aromatic nitrogens is 2. The van der Waals surface area contributed by atoms with Crippen LogP contribution in [0, 0.1) is 0 Å². The quantitative estimate of drug-likeness (QED) is 0.533. The van der Waals surface area contributed by atoms with Gasteiger partial charge in [0.15, 0.2) is 5.69 Å². The summed E-state index contributed by atoms with van der Waals surface area (Å²) in [5, 5.41) is 0. The number of hydrogen-bond acceptors (Lipinski definition) is 2. The topological polar surface area (TPSA) is 38.4 Å². The van der Waals surface area contributed by atoms with Gasteiger partial charge in [-0.3, -0.25) is 4.79 Å². The maximum Gasteiger partial charge on any atom is 0.262 e. The molecule has 1 aliphatic heterocycles. The standard InChI is InChI=1S/C26H32N3O2/c1-4-26(30)27(3)21-12-10-20(11-13-21)24-19-29(25-9-7-6-8-18-28(24)25)22-14-16-23(17-15-22)31-5-2/h10-17,19H,4-9,18H2,1-3H3/q+1. The number of fused-ring (bicyclic) bond motifs is 1. The van der Waals surface area contributed by atoms with Crippen LogP contribution in [-0.2, 0) is 17.8 Å². The molecule has 5 heteroatoms. The summed E-state index contributed by atoms with van der Waals surface area (Å²) in [7, 11) is 1.84. The predicted molar refractivity (Wildman–Crippen MR) is 124 cm³/mol. The van der Waals surface area contributed by atoms with Crippen molar-refractivity contribution in [3.63, 3.8) is 0 Å². The highest BCUT2D eigenvalue weighted by atomic mass is 16.5. The van der Waals surface area contributed by atoms with Crippen LogP contribution in [-0.4, -0.2) is 24.1 Å². The molecular formula is C26H32N3O2+. The third-order valence-electron chi connectivity index (χ3n) is 6.07. The summed E-state index contributed by atoms with van der Waals surface area (Å²) in [6.07, 6.45) is 7.50. The van der Waals surface area contributed by atoms with Crippen LogP contribution in [0.4, 0.5) is 5.69 Å². The van der Waals surface area contributed by atoms with Crippen molar-refractivity contribution in [3.8, 4) is 22.7 Å². The van der Waals surface area contributed by atoms with Crippen LogP contribution >= 0.6 is 0 Å².